The number of ether oxygens (including phenoxy) is 1. The smallest absolute Gasteiger partial charge is 0.164 e. The van der Waals surface area contributed by atoms with Gasteiger partial charge in [-0.1, -0.05) is 0 Å². The molecule has 1 heterocycles. The molecule has 0 saturated heterocycles. The molecule has 12 heavy (non-hydrogen) atoms. The average Bonchev–Trinajstić information content (AvgIpc) is 2.53. The summed E-state index contributed by atoms with van der Waals surface area (Å²) in [5.74, 6) is 0.687. The molecule has 5 heteroatoms. The van der Waals surface area contributed by atoms with Crippen LogP contribution in [-0.2, 0) is 17.8 Å². The molecule has 0 spiro atoms. The number of nitrogens with zero attached hydrogens (tertiary/aromatic N) is 3. The number of hydrogen-bond acceptors (Lipinski definition) is 4. The van der Waals surface area contributed by atoms with Crippen LogP contribution >= 0.6 is 0 Å². The van der Waals surface area contributed by atoms with E-state index in [2.05, 4.69) is 10.1 Å². The second-order valence-corrected chi connectivity index (χ2v) is 2.47. The van der Waals surface area contributed by atoms with Gasteiger partial charge in [-0.15, -0.1) is 0 Å². The summed E-state index contributed by atoms with van der Waals surface area (Å²) in [7, 11) is 1.69. The molecule has 0 aliphatic heterocycles. The third kappa shape index (κ3) is 2.60. The first-order valence-electron chi connectivity index (χ1n) is 3.94. The maximum absolute atomic E-state index is 5.35. The maximum atomic E-state index is 5.35. The quantitative estimate of drug-likeness (QED) is 0.620. The van der Waals surface area contributed by atoms with Gasteiger partial charge < -0.3 is 10.5 Å². The molecule has 0 fully saturated rings. The van der Waals surface area contributed by atoms with Crippen LogP contribution in [0.1, 0.15) is 12.2 Å². The van der Waals surface area contributed by atoms with Crippen molar-refractivity contribution in [3.63, 3.8) is 0 Å². The van der Waals surface area contributed by atoms with E-state index in [4.69, 9.17) is 10.5 Å². The summed E-state index contributed by atoms with van der Waals surface area (Å²) in [6.07, 6.45) is 2.64. The largest absolute Gasteiger partial charge is 0.385 e. The molecule has 1 aromatic rings. The molecule has 0 amide bonds. The van der Waals surface area contributed by atoms with E-state index in [1.165, 1.54) is 0 Å². The summed E-state index contributed by atoms with van der Waals surface area (Å²) in [6.45, 7) is 1.98. The van der Waals surface area contributed by atoms with Crippen LogP contribution in [0.15, 0.2) is 6.33 Å². The molecule has 0 bridgehead atoms. The Labute approximate surface area is 71.5 Å². The highest BCUT2D eigenvalue weighted by molar-refractivity contribution is 4.78. The summed E-state index contributed by atoms with van der Waals surface area (Å²) < 4.78 is 6.69. The Bertz CT molecular complexity index is 223. The van der Waals surface area contributed by atoms with Gasteiger partial charge in [0, 0.05) is 20.3 Å². The normalized spacial score (nSPS) is 10.5. The van der Waals surface area contributed by atoms with E-state index in [0.717, 1.165) is 19.6 Å². The topological polar surface area (TPSA) is 66.0 Å². The summed E-state index contributed by atoms with van der Waals surface area (Å²) in [4.78, 5) is 4.00. The molecule has 0 aromatic carbocycles. The van der Waals surface area contributed by atoms with Gasteiger partial charge in [-0.25, -0.2) is 4.98 Å². The molecule has 1 rings (SSSR count). The van der Waals surface area contributed by atoms with Gasteiger partial charge >= 0.3 is 0 Å². The van der Waals surface area contributed by atoms with Crippen LogP contribution in [0.4, 0.5) is 0 Å². The van der Waals surface area contributed by atoms with E-state index in [9.17, 15) is 0 Å². The lowest BCUT2D eigenvalue weighted by Crippen LogP contribution is -2.04. The average molecular weight is 170 g/mol. The van der Waals surface area contributed by atoms with Crippen LogP contribution < -0.4 is 5.73 Å². The van der Waals surface area contributed by atoms with Crippen molar-refractivity contribution >= 4 is 0 Å². The fraction of sp³-hybridized carbons (Fsp3) is 0.714. The zero-order valence-electron chi connectivity index (χ0n) is 7.23. The Kier molecular flexibility index (Phi) is 3.69. The predicted molar refractivity (Wildman–Crippen MR) is 44.4 cm³/mol. The van der Waals surface area contributed by atoms with E-state index in [1.54, 1.807) is 18.1 Å². The van der Waals surface area contributed by atoms with Gasteiger partial charge in [0.2, 0.25) is 0 Å². The highest BCUT2D eigenvalue weighted by atomic mass is 16.5. The van der Waals surface area contributed by atoms with Crippen LogP contribution in [0, 0.1) is 0 Å². The van der Waals surface area contributed by atoms with Crippen molar-refractivity contribution < 1.29 is 4.74 Å². The number of methoxy groups -OCH3 is 1. The SMILES string of the molecule is COCCCn1cnc(CN)n1. The first-order chi connectivity index (χ1) is 5.86. The highest BCUT2D eigenvalue weighted by Crippen LogP contribution is 1.91. The van der Waals surface area contributed by atoms with Gasteiger partial charge in [-0.2, -0.15) is 5.10 Å². The second-order valence-electron chi connectivity index (χ2n) is 2.47. The molecule has 0 aliphatic rings. The highest BCUT2D eigenvalue weighted by Gasteiger charge is 1.96. The van der Waals surface area contributed by atoms with Gasteiger partial charge in [0.1, 0.15) is 6.33 Å². The minimum atomic E-state index is 0.400. The standard InChI is InChI=1S/C7H14N4O/c1-12-4-2-3-11-6-9-7(5-8)10-11/h6H,2-5,8H2,1H3. The number of aromatic nitrogens is 3. The molecule has 1 aromatic heterocycles. The Morgan fingerprint density at radius 1 is 1.67 bits per heavy atom. The van der Waals surface area contributed by atoms with Crippen molar-refractivity contribution in [1.82, 2.24) is 14.8 Å². The Morgan fingerprint density at radius 3 is 3.08 bits per heavy atom. The van der Waals surface area contributed by atoms with E-state index in [0.29, 0.717) is 12.4 Å². The zero-order valence-corrected chi connectivity index (χ0v) is 7.23. The fourth-order valence-electron chi connectivity index (χ4n) is 0.905. The third-order valence-corrected chi connectivity index (χ3v) is 1.50. The van der Waals surface area contributed by atoms with Gasteiger partial charge in [0.25, 0.3) is 0 Å². The molecule has 68 valence electrons. The number of rotatable bonds is 5. The molecule has 0 radical (unpaired) electrons. The van der Waals surface area contributed by atoms with Crippen molar-refractivity contribution in [1.29, 1.82) is 0 Å². The van der Waals surface area contributed by atoms with Crippen LogP contribution in [0.2, 0.25) is 0 Å². The summed E-state index contributed by atoms with van der Waals surface area (Å²) in [5, 5.41) is 4.13. The second kappa shape index (κ2) is 4.84. The van der Waals surface area contributed by atoms with Crippen LogP contribution in [0.3, 0.4) is 0 Å². The molecule has 2 N–H and O–H groups in total. The van der Waals surface area contributed by atoms with Crippen molar-refractivity contribution in [3.8, 4) is 0 Å². The van der Waals surface area contributed by atoms with Gasteiger partial charge in [-0.3, -0.25) is 4.68 Å². The molecule has 5 nitrogen and oxygen atoms in total. The Morgan fingerprint density at radius 2 is 2.50 bits per heavy atom. The summed E-state index contributed by atoms with van der Waals surface area (Å²) >= 11 is 0. The lowest BCUT2D eigenvalue weighted by Gasteiger charge is -1.98. The van der Waals surface area contributed by atoms with Crippen molar-refractivity contribution in [2.75, 3.05) is 13.7 Å². The third-order valence-electron chi connectivity index (χ3n) is 1.50. The van der Waals surface area contributed by atoms with Crippen molar-refractivity contribution in [2.24, 2.45) is 5.73 Å². The van der Waals surface area contributed by atoms with Crippen molar-refractivity contribution in [2.45, 2.75) is 19.5 Å². The number of nitrogens with two attached hydrogens (primary N) is 1. The molecule has 0 aliphatic carbocycles. The molecule has 0 saturated carbocycles. The fourth-order valence-corrected chi connectivity index (χ4v) is 0.905. The molecule has 0 atom stereocenters. The first-order valence-corrected chi connectivity index (χ1v) is 3.94. The monoisotopic (exact) mass is 170 g/mol. The first kappa shape index (κ1) is 9.15. The number of aryl methyl sites for hydroxylation is 1. The Hall–Kier alpha value is -0.940. The van der Waals surface area contributed by atoms with Crippen LogP contribution in [-0.4, -0.2) is 28.5 Å². The van der Waals surface area contributed by atoms with E-state index >= 15 is 0 Å². The number of hydrogen-bond donors (Lipinski definition) is 1. The summed E-state index contributed by atoms with van der Waals surface area (Å²) in [5.41, 5.74) is 5.35. The lowest BCUT2D eigenvalue weighted by atomic mass is 10.5. The molecular formula is C7H14N4O. The van der Waals surface area contributed by atoms with Crippen molar-refractivity contribution in [3.05, 3.63) is 12.2 Å². The van der Waals surface area contributed by atoms with Gasteiger partial charge in [0.15, 0.2) is 5.82 Å². The van der Waals surface area contributed by atoms with Crippen LogP contribution in [0.25, 0.3) is 0 Å². The zero-order chi connectivity index (χ0) is 8.81. The van der Waals surface area contributed by atoms with E-state index in [-0.39, 0.29) is 0 Å². The lowest BCUT2D eigenvalue weighted by molar-refractivity contribution is 0.189. The van der Waals surface area contributed by atoms with E-state index in [1.807, 2.05) is 0 Å². The minimum Gasteiger partial charge on any atom is -0.385 e. The Balaban J connectivity index is 2.31. The maximum Gasteiger partial charge on any atom is 0.164 e. The predicted octanol–water partition coefficient (Wildman–Crippen LogP) is -0.227. The minimum absolute atomic E-state index is 0.400. The van der Waals surface area contributed by atoms with E-state index < -0.39 is 0 Å². The summed E-state index contributed by atoms with van der Waals surface area (Å²) in [6, 6.07) is 0. The molecular weight excluding hydrogens is 156 g/mol. The van der Waals surface area contributed by atoms with Crippen LogP contribution in [0.5, 0.6) is 0 Å². The van der Waals surface area contributed by atoms with Gasteiger partial charge in [-0.05, 0) is 6.42 Å². The van der Waals surface area contributed by atoms with Gasteiger partial charge in [0.05, 0.1) is 6.54 Å². The molecule has 0 unspecified atom stereocenters.